The molecule has 1 N–H and O–H groups in total. The van der Waals surface area contributed by atoms with Gasteiger partial charge < -0.3 is 10.0 Å². The predicted molar refractivity (Wildman–Crippen MR) is 81.9 cm³/mol. The lowest BCUT2D eigenvalue weighted by Gasteiger charge is -2.28. The molecule has 2 rings (SSSR count). The molecule has 1 aromatic heterocycles. The van der Waals surface area contributed by atoms with E-state index >= 15 is 0 Å². The Bertz CT molecular complexity index is 460. The van der Waals surface area contributed by atoms with Crippen LogP contribution in [0.1, 0.15) is 35.6 Å². The van der Waals surface area contributed by atoms with Crippen LogP contribution in [0.4, 0.5) is 0 Å². The molecule has 2 atom stereocenters. The second-order valence-electron chi connectivity index (χ2n) is 5.66. The third kappa shape index (κ3) is 3.81. The highest BCUT2D eigenvalue weighted by Crippen LogP contribution is 2.26. The Kier molecular flexibility index (Phi) is 5.18. The lowest BCUT2D eigenvalue weighted by atomic mass is 10.2. The van der Waals surface area contributed by atoms with Crippen molar-refractivity contribution in [3.8, 4) is 0 Å². The van der Waals surface area contributed by atoms with Crippen LogP contribution >= 0.6 is 11.3 Å². The maximum atomic E-state index is 11.6. The summed E-state index contributed by atoms with van der Waals surface area (Å²) in [6, 6.07) is 4.57. The smallest absolute Gasteiger partial charge is 0.222 e. The normalized spacial score (nSPS) is 18.9. The van der Waals surface area contributed by atoms with E-state index in [9.17, 15) is 9.90 Å². The topological polar surface area (TPSA) is 43.8 Å². The van der Waals surface area contributed by atoms with Gasteiger partial charge in [-0.15, -0.1) is 11.3 Å². The Labute approximate surface area is 125 Å². The molecule has 1 aromatic rings. The molecule has 20 heavy (non-hydrogen) atoms. The summed E-state index contributed by atoms with van der Waals surface area (Å²) in [4.78, 5) is 18.1. The van der Waals surface area contributed by atoms with Crippen molar-refractivity contribution >= 4 is 17.2 Å². The van der Waals surface area contributed by atoms with E-state index in [1.807, 2.05) is 7.05 Å². The first-order valence-corrected chi connectivity index (χ1v) is 8.01. The van der Waals surface area contributed by atoms with Gasteiger partial charge in [-0.1, -0.05) is 0 Å². The molecule has 0 bridgehead atoms. The molecule has 0 spiro atoms. The molecule has 0 unspecified atom stereocenters. The van der Waals surface area contributed by atoms with E-state index in [0.717, 1.165) is 13.0 Å². The number of aliphatic hydroxyl groups is 1. The van der Waals surface area contributed by atoms with Crippen LogP contribution in [-0.2, 0) is 4.79 Å². The Morgan fingerprint density at radius 2 is 2.25 bits per heavy atom. The molecule has 112 valence electrons. The molecular weight excluding hydrogens is 272 g/mol. The van der Waals surface area contributed by atoms with Gasteiger partial charge in [0.15, 0.2) is 0 Å². The number of carbonyl (C=O) groups excluding carboxylic acids is 1. The summed E-state index contributed by atoms with van der Waals surface area (Å²) in [5, 5.41) is 10.2. The molecule has 5 heteroatoms. The van der Waals surface area contributed by atoms with Gasteiger partial charge in [-0.3, -0.25) is 9.69 Å². The lowest BCUT2D eigenvalue weighted by molar-refractivity contribution is -0.129. The lowest BCUT2D eigenvalue weighted by Crippen LogP contribution is -2.40. The maximum absolute atomic E-state index is 11.6. The fourth-order valence-corrected chi connectivity index (χ4v) is 3.59. The number of nitrogens with zero attached hydrogens (tertiary/aromatic N) is 2. The van der Waals surface area contributed by atoms with E-state index in [1.54, 1.807) is 16.2 Å². The summed E-state index contributed by atoms with van der Waals surface area (Å²) >= 11 is 1.80. The molecule has 1 saturated heterocycles. The molecule has 2 heterocycles. The highest BCUT2D eigenvalue weighted by atomic mass is 32.1. The minimum atomic E-state index is -0.481. The summed E-state index contributed by atoms with van der Waals surface area (Å²) in [6.07, 6.45) is 1.07. The number of likely N-dealkylation sites (tertiary alicyclic amines) is 1. The molecule has 0 radical (unpaired) electrons. The number of amides is 1. The number of thiophene rings is 1. The molecule has 0 aromatic carbocycles. The third-order valence-electron chi connectivity index (χ3n) is 3.94. The summed E-state index contributed by atoms with van der Waals surface area (Å²) < 4.78 is 0. The van der Waals surface area contributed by atoms with Gasteiger partial charge in [0.25, 0.3) is 0 Å². The predicted octanol–water partition coefficient (Wildman–Crippen LogP) is 2.03. The van der Waals surface area contributed by atoms with Gasteiger partial charge in [-0.05, 0) is 39.4 Å². The fraction of sp³-hybridized carbons (Fsp3) is 0.667. The van der Waals surface area contributed by atoms with Crippen LogP contribution in [-0.4, -0.2) is 53.6 Å². The SMILES string of the molecule is Cc1ccc([C@H](C)N(C)C[C@H](O)CN2CCCC2=O)s1. The van der Waals surface area contributed by atoms with E-state index in [1.165, 1.54) is 9.75 Å². The fourth-order valence-electron chi connectivity index (χ4n) is 2.59. The largest absolute Gasteiger partial charge is 0.390 e. The zero-order chi connectivity index (χ0) is 14.7. The van der Waals surface area contributed by atoms with Gasteiger partial charge in [0.05, 0.1) is 6.10 Å². The van der Waals surface area contributed by atoms with Crippen LogP contribution < -0.4 is 0 Å². The summed E-state index contributed by atoms with van der Waals surface area (Å²) in [5.74, 6) is 0.175. The van der Waals surface area contributed by atoms with Crippen molar-refractivity contribution < 1.29 is 9.90 Å². The van der Waals surface area contributed by atoms with Gasteiger partial charge in [0.1, 0.15) is 0 Å². The van der Waals surface area contributed by atoms with Crippen molar-refractivity contribution in [2.24, 2.45) is 0 Å². The Hall–Kier alpha value is -0.910. The van der Waals surface area contributed by atoms with Crippen LogP contribution in [0, 0.1) is 6.92 Å². The number of hydrogen-bond acceptors (Lipinski definition) is 4. The van der Waals surface area contributed by atoms with Gasteiger partial charge in [0.2, 0.25) is 5.91 Å². The summed E-state index contributed by atoms with van der Waals surface area (Å²) in [5.41, 5.74) is 0. The first-order chi connectivity index (χ1) is 9.47. The maximum Gasteiger partial charge on any atom is 0.222 e. The minimum absolute atomic E-state index is 0.175. The Morgan fingerprint density at radius 1 is 1.50 bits per heavy atom. The van der Waals surface area contributed by atoms with Crippen molar-refractivity contribution in [2.45, 2.75) is 38.8 Å². The van der Waals surface area contributed by atoms with Crippen LogP contribution in [0.2, 0.25) is 0 Å². The quantitative estimate of drug-likeness (QED) is 0.873. The monoisotopic (exact) mass is 296 g/mol. The number of aliphatic hydroxyl groups excluding tert-OH is 1. The number of rotatable bonds is 6. The van der Waals surface area contributed by atoms with E-state index in [4.69, 9.17) is 0 Å². The van der Waals surface area contributed by atoms with E-state index in [-0.39, 0.29) is 11.9 Å². The number of β-amino-alcohol motifs (C(OH)–C–C–N with tert-alkyl or cyclic N) is 1. The van der Waals surface area contributed by atoms with Crippen LogP contribution in [0.3, 0.4) is 0 Å². The van der Waals surface area contributed by atoms with E-state index < -0.39 is 6.10 Å². The number of likely N-dealkylation sites (N-methyl/N-ethyl adjacent to an activating group) is 1. The van der Waals surface area contributed by atoms with Crippen LogP contribution in [0.25, 0.3) is 0 Å². The standard InChI is InChI=1S/C15H24N2O2S/c1-11-6-7-14(20-11)12(2)16(3)9-13(18)10-17-8-4-5-15(17)19/h6-7,12-13,18H,4-5,8-10H2,1-3H3/t12-,13-/m0/s1. The van der Waals surface area contributed by atoms with Crippen molar-refractivity contribution in [3.05, 3.63) is 21.9 Å². The Morgan fingerprint density at radius 3 is 2.80 bits per heavy atom. The highest BCUT2D eigenvalue weighted by molar-refractivity contribution is 7.12. The van der Waals surface area contributed by atoms with E-state index in [0.29, 0.717) is 19.5 Å². The second-order valence-corrected chi connectivity index (χ2v) is 6.98. The van der Waals surface area contributed by atoms with Gasteiger partial charge in [-0.2, -0.15) is 0 Å². The summed E-state index contributed by atoms with van der Waals surface area (Å²) in [7, 11) is 2.02. The number of aryl methyl sites for hydroxylation is 1. The Balaban J connectivity index is 1.83. The molecule has 1 fully saturated rings. The van der Waals surface area contributed by atoms with Crippen LogP contribution in [0.5, 0.6) is 0 Å². The average molecular weight is 296 g/mol. The first-order valence-electron chi connectivity index (χ1n) is 7.20. The van der Waals surface area contributed by atoms with E-state index in [2.05, 4.69) is 30.9 Å². The molecule has 1 aliphatic rings. The van der Waals surface area contributed by atoms with Crippen molar-refractivity contribution in [2.75, 3.05) is 26.7 Å². The van der Waals surface area contributed by atoms with Crippen molar-refractivity contribution in [1.29, 1.82) is 0 Å². The third-order valence-corrected chi connectivity index (χ3v) is 5.11. The zero-order valence-electron chi connectivity index (χ0n) is 12.5. The minimum Gasteiger partial charge on any atom is -0.390 e. The molecule has 4 nitrogen and oxygen atoms in total. The van der Waals surface area contributed by atoms with Gasteiger partial charge >= 0.3 is 0 Å². The van der Waals surface area contributed by atoms with Crippen molar-refractivity contribution in [1.82, 2.24) is 9.80 Å². The van der Waals surface area contributed by atoms with Crippen molar-refractivity contribution in [3.63, 3.8) is 0 Å². The highest BCUT2D eigenvalue weighted by Gasteiger charge is 2.24. The molecule has 0 aliphatic carbocycles. The molecule has 1 amide bonds. The van der Waals surface area contributed by atoms with Gasteiger partial charge in [-0.25, -0.2) is 0 Å². The number of hydrogen-bond donors (Lipinski definition) is 1. The molecular formula is C15H24N2O2S. The average Bonchev–Trinajstić information content (AvgIpc) is 2.98. The molecule has 0 saturated carbocycles. The first kappa shape index (κ1) is 15.5. The zero-order valence-corrected chi connectivity index (χ0v) is 13.3. The van der Waals surface area contributed by atoms with Gasteiger partial charge in [0, 0.05) is 41.9 Å². The second kappa shape index (κ2) is 6.70. The number of carbonyl (C=O) groups is 1. The van der Waals surface area contributed by atoms with Crippen LogP contribution in [0.15, 0.2) is 12.1 Å². The summed E-state index contributed by atoms with van der Waals surface area (Å²) in [6.45, 7) is 6.09. The molecule has 1 aliphatic heterocycles.